The Labute approximate surface area is 146 Å². The molecule has 0 aliphatic heterocycles. The van der Waals surface area contributed by atoms with Gasteiger partial charge in [0.15, 0.2) is 5.78 Å². The van der Waals surface area contributed by atoms with Crippen molar-refractivity contribution in [2.45, 2.75) is 19.4 Å². The largest absolute Gasteiger partial charge is 0.482 e. The van der Waals surface area contributed by atoms with Gasteiger partial charge in [0, 0.05) is 17.3 Å². The number of nitrogens with one attached hydrogen (secondary N) is 1. The third-order valence-electron chi connectivity index (χ3n) is 4.09. The van der Waals surface area contributed by atoms with E-state index in [-0.39, 0.29) is 5.78 Å². The van der Waals surface area contributed by atoms with Crippen LogP contribution in [0.5, 0.6) is 5.75 Å². The van der Waals surface area contributed by atoms with Gasteiger partial charge in [0.2, 0.25) is 0 Å². The summed E-state index contributed by atoms with van der Waals surface area (Å²) in [7, 11) is 0. The van der Waals surface area contributed by atoms with Crippen LogP contribution >= 0.6 is 0 Å². The van der Waals surface area contributed by atoms with E-state index in [2.05, 4.69) is 4.98 Å². The minimum atomic E-state index is -0.500. The average Bonchev–Trinajstić information content (AvgIpc) is 3.13. The van der Waals surface area contributed by atoms with E-state index in [9.17, 15) is 4.79 Å². The number of ketones is 1. The number of anilines is 2. The van der Waals surface area contributed by atoms with E-state index in [4.69, 9.17) is 16.2 Å². The highest BCUT2D eigenvalue weighted by Crippen LogP contribution is 2.27. The molecule has 5 N–H and O–H groups in total. The number of nitrogens with two attached hydrogens (primary N) is 2. The molecule has 0 fully saturated rings. The summed E-state index contributed by atoms with van der Waals surface area (Å²) in [6, 6.07) is 15.9. The molecule has 0 aliphatic rings. The zero-order chi connectivity index (χ0) is 18.0. The molecule has 0 unspecified atom stereocenters. The Hall–Kier alpha value is -3.21. The highest BCUT2D eigenvalue weighted by atomic mass is 16.5. The molecular weight excluding hydrogens is 314 g/mol. The first kappa shape index (κ1) is 16.6. The van der Waals surface area contributed by atoms with Crippen LogP contribution in [0.2, 0.25) is 0 Å². The van der Waals surface area contributed by atoms with E-state index in [1.807, 2.05) is 32.2 Å². The van der Waals surface area contributed by atoms with Crippen molar-refractivity contribution in [3.63, 3.8) is 0 Å². The molecule has 128 valence electrons. The lowest BCUT2D eigenvalue weighted by molar-refractivity contribution is 0.103. The monoisotopic (exact) mass is 335 g/mol. The molecule has 5 heteroatoms. The number of nitrogen functional groups attached to an aromatic ring is 2. The smallest absolute Gasteiger partial charge is 0.193 e. The summed E-state index contributed by atoms with van der Waals surface area (Å²) in [4.78, 5) is 15.7. The summed E-state index contributed by atoms with van der Waals surface area (Å²) in [6.07, 6.45) is 1.86. The quantitative estimate of drug-likeness (QED) is 0.489. The van der Waals surface area contributed by atoms with Gasteiger partial charge in [-0.1, -0.05) is 0 Å². The van der Waals surface area contributed by atoms with Gasteiger partial charge in [0.05, 0.1) is 17.1 Å². The maximum absolute atomic E-state index is 12.6. The van der Waals surface area contributed by atoms with Crippen molar-refractivity contribution < 1.29 is 9.53 Å². The second kappa shape index (κ2) is 6.36. The molecule has 0 spiro atoms. The summed E-state index contributed by atoms with van der Waals surface area (Å²) < 4.78 is 6.04. The molecule has 0 amide bonds. The number of aromatic nitrogens is 1. The van der Waals surface area contributed by atoms with Gasteiger partial charge in [-0.05, 0) is 68.4 Å². The zero-order valence-electron chi connectivity index (χ0n) is 14.2. The molecule has 0 bridgehead atoms. The van der Waals surface area contributed by atoms with E-state index in [1.54, 1.807) is 42.5 Å². The number of carbonyl (C=O) groups excluding carboxylic acids is 1. The average molecular weight is 335 g/mol. The molecule has 3 aromatic rings. The minimum absolute atomic E-state index is 0.109. The maximum Gasteiger partial charge on any atom is 0.193 e. The van der Waals surface area contributed by atoms with Crippen molar-refractivity contribution in [2.75, 3.05) is 11.5 Å². The van der Waals surface area contributed by atoms with E-state index in [0.29, 0.717) is 28.3 Å². The maximum atomic E-state index is 12.6. The van der Waals surface area contributed by atoms with Gasteiger partial charge in [0.1, 0.15) is 11.4 Å². The van der Waals surface area contributed by atoms with Crippen LogP contribution in [0.3, 0.4) is 0 Å². The fourth-order valence-electron chi connectivity index (χ4n) is 2.61. The van der Waals surface area contributed by atoms with E-state index in [1.165, 1.54) is 0 Å². The van der Waals surface area contributed by atoms with Gasteiger partial charge in [-0.15, -0.1) is 0 Å². The Morgan fingerprint density at radius 2 is 1.64 bits per heavy atom. The summed E-state index contributed by atoms with van der Waals surface area (Å²) in [5, 5.41) is 0. The highest BCUT2D eigenvalue weighted by Gasteiger charge is 2.23. The van der Waals surface area contributed by atoms with Crippen LogP contribution < -0.4 is 16.2 Å². The highest BCUT2D eigenvalue weighted by molar-refractivity contribution is 6.09. The van der Waals surface area contributed by atoms with Crippen molar-refractivity contribution in [2.24, 2.45) is 0 Å². The van der Waals surface area contributed by atoms with Gasteiger partial charge in [-0.2, -0.15) is 0 Å². The van der Waals surface area contributed by atoms with E-state index in [0.717, 1.165) is 5.69 Å². The van der Waals surface area contributed by atoms with Crippen LogP contribution in [0.4, 0.5) is 11.4 Å². The van der Waals surface area contributed by atoms with Crippen molar-refractivity contribution in [1.82, 2.24) is 4.98 Å². The summed E-state index contributed by atoms with van der Waals surface area (Å²) in [6.45, 7) is 3.96. The SMILES string of the molecule is CC(C)(Oc1ccc(C(=O)c2ccc(N)c(N)c2)cc1)c1ccc[nH]1. The van der Waals surface area contributed by atoms with E-state index >= 15 is 0 Å². The number of hydrogen-bond donors (Lipinski definition) is 3. The molecule has 1 heterocycles. The minimum Gasteiger partial charge on any atom is -0.482 e. The molecule has 0 saturated carbocycles. The van der Waals surface area contributed by atoms with Crippen molar-refractivity contribution in [3.05, 3.63) is 77.6 Å². The third kappa shape index (κ3) is 3.50. The zero-order valence-corrected chi connectivity index (χ0v) is 14.2. The van der Waals surface area contributed by atoms with Crippen LogP contribution in [0.25, 0.3) is 0 Å². The van der Waals surface area contributed by atoms with Crippen molar-refractivity contribution >= 4 is 17.2 Å². The molecule has 0 atom stereocenters. The summed E-state index contributed by atoms with van der Waals surface area (Å²) in [5.41, 5.74) is 13.9. The van der Waals surface area contributed by atoms with Gasteiger partial charge < -0.3 is 21.2 Å². The van der Waals surface area contributed by atoms with Crippen LogP contribution in [0.1, 0.15) is 35.5 Å². The number of carbonyl (C=O) groups is 1. The lowest BCUT2D eigenvalue weighted by Gasteiger charge is -2.25. The normalized spacial score (nSPS) is 11.3. The van der Waals surface area contributed by atoms with Crippen molar-refractivity contribution in [1.29, 1.82) is 0 Å². The molecule has 3 rings (SSSR count). The Morgan fingerprint density at radius 1 is 0.960 bits per heavy atom. The Bertz CT molecular complexity index is 882. The number of ether oxygens (including phenoxy) is 1. The summed E-state index contributed by atoms with van der Waals surface area (Å²) in [5.74, 6) is 0.579. The second-order valence-electron chi connectivity index (χ2n) is 6.39. The molecule has 1 aromatic heterocycles. The fourth-order valence-corrected chi connectivity index (χ4v) is 2.61. The lowest BCUT2D eigenvalue weighted by Crippen LogP contribution is -2.25. The molecule has 5 nitrogen and oxygen atoms in total. The lowest BCUT2D eigenvalue weighted by atomic mass is 10.0. The van der Waals surface area contributed by atoms with Crippen LogP contribution in [-0.2, 0) is 5.60 Å². The first-order chi connectivity index (χ1) is 11.9. The fraction of sp³-hybridized carbons (Fsp3) is 0.150. The number of benzene rings is 2. The number of hydrogen-bond acceptors (Lipinski definition) is 4. The van der Waals surface area contributed by atoms with Gasteiger partial charge in [-0.25, -0.2) is 0 Å². The number of H-pyrrole nitrogens is 1. The van der Waals surface area contributed by atoms with Gasteiger partial charge in [-0.3, -0.25) is 4.79 Å². The summed E-state index contributed by atoms with van der Waals surface area (Å²) >= 11 is 0. The van der Waals surface area contributed by atoms with Gasteiger partial charge in [0.25, 0.3) is 0 Å². The predicted molar refractivity (Wildman–Crippen MR) is 99.6 cm³/mol. The first-order valence-corrected chi connectivity index (χ1v) is 7.99. The second-order valence-corrected chi connectivity index (χ2v) is 6.39. The predicted octanol–water partition coefficient (Wildman–Crippen LogP) is 3.72. The van der Waals surface area contributed by atoms with Crippen LogP contribution in [0.15, 0.2) is 60.8 Å². The van der Waals surface area contributed by atoms with Gasteiger partial charge >= 0.3 is 0 Å². The molecule has 25 heavy (non-hydrogen) atoms. The molecule has 2 aromatic carbocycles. The van der Waals surface area contributed by atoms with E-state index < -0.39 is 5.60 Å². The molecule has 0 saturated heterocycles. The van der Waals surface area contributed by atoms with Crippen molar-refractivity contribution in [3.8, 4) is 5.75 Å². The molecule has 0 radical (unpaired) electrons. The standard InChI is InChI=1S/C20H21N3O2/c1-20(2,18-4-3-11-23-18)25-15-8-5-13(6-9-15)19(24)14-7-10-16(21)17(22)12-14/h3-12,23H,21-22H2,1-2H3. The van der Waals surface area contributed by atoms with Crippen LogP contribution in [0, 0.1) is 0 Å². The number of rotatable bonds is 5. The topological polar surface area (TPSA) is 94.1 Å². The Kier molecular flexibility index (Phi) is 4.23. The Morgan fingerprint density at radius 3 is 2.24 bits per heavy atom. The molecule has 0 aliphatic carbocycles. The van der Waals surface area contributed by atoms with Crippen LogP contribution in [-0.4, -0.2) is 10.8 Å². The third-order valence-corrected chi connectivity index (χ3v) is 4.09. The molecular formula is C20H21N3O2. The first-order valence-electron chi connectivity index (χ1n) is 7.99. The Balaban J connectivity index is 1.78. The number of aromatic amines is 1.